The molecule has 0 saturated carbocycles. The van der Waals surface area contributed by atoms with Crippen molar-refractivity contribution in [1.82, 2.24) is 0 Å². The zero-order valence-electron chi connectivity index (χ0n) is 22.5. The molecule has 7 nitrogen and oxygen atoms in total. The summed E-state index contributed by atoms with van der Waals surface area (Å²) >= 11 is 0. The SMILES string of the molecule is CCCCCC(CC)OC(=O)c1cc(C(=O)OC(CC)CCCCC)cc(S(=O)(=O)O)c1.[Ca+2].[H-].[H-]. The molecule has 1 N–H and O–H groups in total. The minimum atomic E-state index is -4.63. The summed E-state index contributed by atoms with van der Waals surface area (Å²) in [5, 5.41) is 0. The molecule has 2 unspecified atom stereocenters. The predicted molar refractivity (Wildman–Crippen MR) is 132 cm³/mol. The first kappa shape index (κ1) is 32.3. The molecule has 0 heterocycles. The van der Waals surface area contributed by atoms with Crippen molar-refractivity contribution in [3.63, 3.8) is 0 Å². The van der Waals surface area contributed by atoms with Gasteiger partial charge in [0.25, 0.3) is 10.1 Å². The van der Waals surface area contributed by atoms with Crippen LogP contribution in [0.4, 0.5) is 0 Å². The van der Waals surface area contributed by atoms with Crippen molar-refractivity contribution in [3.05, 3.63) is 29.3 Å². The summed E-state index contributed by atoms with van der Waals surface area (Å²) in [5.41, 5.74) is -0.222. The van der Waals surface area contributed by atoms with Gasteiger partial charge in [0.15, 0.2) is 0 Å². The van der Waals surface area contributed by atoms with Crippen molar-refractivity contribution in [2.24, 2.45) is 0 Å². The normalized spacial score (nSPS) is 13.0. The fraction of sp³-hybridized carbons (Fsp3) is 0.667. The Kier molecular flexibility index (Phi) is 16.5. The molecule has 33 heavy (non-hydrogen) atoms. The maximum Gasteiger partial charge on any atom is 2.00 e. The van der Waals surface area contributed by atoms with Gasteiger partial charge in [0.2, 0.25) is 0 Å². The van der Waals surface area contributed by atoms with Gasteiger partial charge >= 0.3 is 49.7 Å². The largest absolute Gasteiger partial charge is 2.00 e. The quantitative estimate of drug-likeness (QED) is 0.137. The Morgan fingerprint density at radius 3 is 1.52 bits per heavy atom. The number of rotatable bonds is 15. The van der Waals surface area contributed by atoms with Crippen LogP contribution in [0.1, 0.15) is 115 Å². The van der Waals surface area contributed by atoms with Crippen LogP contribution >= 0.6 is 0 Å². The van der Waals surface area contributed by atoms with Gasteiger partial charge in [-0.3, -0.25) is 4.55 Å². The number of unbranched alkanes of at least 4 members (excludes halogenated alkanes) is 4. The summed E-state index contributed by atoms with van der Waals surface area (Å²) < 4.78 is 44.1. The molecule has 0 aliphatic rings. The van der Waals surface area contributed by atoms with Crippen LogP contribution in [0.2, 0.25) is 0 Å². The summed E-state index contributed by atoms with van der Waals surface area (Å²) in [4.78, 5) is 24.9. The van der Waals surface area contributed by atoms with E-state index < -0.39 is 27.0 Å². The molecule has 0 spiro atoms. The third-order valence-electron chi connectivity index (χ3n) is 5.39. The summed E-state index contributed by atoms with van der Waals surface area (Å²) in [6, 6.07) is 3.30. The van der Waals surface area contributed by atoms with Gasteiger partial charge in [-0.2, -0.15) is 8.42 Å². The second kappa shape index (κ2) is 16.9. The molecular formula is C24H40CaO7S. The van der Waals surface area contributed by atoms with Gasteiger partial charge in [-0.25, -0.2) is 9.59 Å². The van der Waals surface area contributed by atoms with Crippen LogP contribution in [-0.2, 0) is 19.6 Å². The van der Waals surface area contributed by atoms with Crippen molar-refractivity contribution in [1.29, 1.82) is 0 Å². The van der Waals surface area contributed by atoms with Gasteiger partial charge in [0, 0.05) is 0 Å². The molecule has 0 radical (unpaired) electrons. The van der Waals surface area contributed by atoms with Crippen LogP contribution in [0.15, 0.2) is 23.1 Å². The molecule has 1 rings (SSSR count). The Morgan fingerprint density at radius 2 is 1.21 bits per heavy atom. The van der Waals surface area contributed by atoms with E-state index >= 15 is 0 Å². The molecule has 0 bridgehead atoms. The topological polar surface area (TPSA) is 107 Å². The van der Waals surface area contributed by atoms with Crippen LogP contribution in [0.5, 0.6) is 0 Å². The van der Waals surface area contributed by atoms with Crippen molar-refractivity contribution < 1.29 is 34.9 Å². The molecule has 9 heteroatoms. The van der Waals surface area contributed by atoms with Gasteiger partial charge in [-0.15, -0.1) is 0 Å². The number of carbonyl (C=O) groups excluding carboxylic acids is 2. The number of hydrogen-bond acceptors (Lipinski definition) is 6. The van der Waals surface area contributed by atoms with Crippen molar-refractivity contribution in [3.8, 4) is 0 Å². The second-order valence-corrected chi connectivity index (χ2v) is 9.51. The number of carbonyl (C=O) groups is 2. The Labute approximate surface area is 231 Å². The van der Waals surface area contributed by atoms with Crippen LogP contribution in [-0.4, -0.2) is 74.9 Å². The molecule has 2 atom stereocenters. The fourth-order valence-electron chi connectivity index (χ4n) is 3.36. The van der Waals surface area contributed by atoms with Crippen molar-refractivity contribution in [2.45, 2.75) is 109 Å². The maximum absolute atomic E-state index is 12.7. The van der Waals surface area contributed by atoms with Gasteiger partial charge in [0.05, 0.1) is 16.0 Å². The Hall–Kier alpha value is -0.670. The van der Waals surface area contributed by atoms with Crippen LogP contribution < -0.4 is 0 Å². The van der Waals surface area contributed by atoms with E-state index in [1.807, 2.05) is 13.8 Å². The monoisotopic (exact) mass is 512 g/mol. The number of esters is 2. The molecule has 1 aromatic carbocycles. The number of hydrogen-bond donors (Lipinski definition) is 1. The minimum Gasteiger partial charge on any atom is -1.00 e. The van der Waals surface area contributed by atoms with E-state index in [1.54, 1.807) is 0 Å². The van der Waals surface area contributed by atoms with Crippen LogP contribution in [0.3, 0.4) is 0 Å². The smallest absolute Gasteiger partial charge is 1.00 e. The molecule has 0 saturated heterocycles. The first-order valence-corrected chi connectivity index (χ1v) is 13.1. The first-order chi connectivity index (χ1) is 15.2. The van der Waals surface area contributed by atoms with Crippen molar-refractivity contribution in [2.75, 3.05) is 0 Å². The average Bonchev–Trinajstić information content (AvgIpc) is 2.76. The molecular weight excluding hydrogens is 472 g/mol. The van der Waals surface area contributed by atoms with Crippen molar-refractivity contribution >= 4 is 59.8 Å². The molecule has 0 aliphatic heterocycles. The molecule has 186 valence electrons. The predicted octanol–water partition coefficient (Wildman–Crippen LogP) is 5.81. The van der Waals surface area contributed by atoms with E-state index in [2.05, 4.69) is 13.8 Å². The summed E-state index contributed by atoms with van der Waals surface area (Å²) in [6.07, 6.45) is 8.03. The van der Waals surface area contributed by atoms with Gasteiger partial charge < -0.3 is 12.3 Å². The summed E-state index contributed by atoms with van der Waals surface area (Å²) in [7, 11) is -4.63. The zero-order valence-corrected chi connectivity index (χ0v) is 23.5. The Bertz CT molecular complexity index is 800. The number of benzene rings is 1. The number of ether oxygens (including phenoxy) is 2. The third-order valence-corrected chi connectivity index (χ3v) is 6.22. The summed E-state index contributed by atoms with van der Waals surface area (Å²) in [5.74, 6) is -1.47. The van der Waals surface area contributed by atoms with Gasteiger partial charge in [-0.1, -0.05) is 53.4 Å². The maximum atomic E-state index is 12.7. The summed E-state index contributed by atoms with van der Waals surface area (Å²) in [6.45, 7) is 7.98. The molecule has 0 aromatic heterocycles. The first-order valence-electron chi connectivity index (χ1n) is 11.7. The second-order valence-electron chi connectivity index (χ2n) is 8.08. The molecule has 0 amide bonds. The van der Waals surface area contributed by atoms with E-state index in [0.29, 0.717) is 25.7 Å². The van der Waals surface area contributed by atoms with E-state index in [9.17, 15) is 22.6 Å². The van der Waals surface area contributed by atoms with E-state index in [-0.39, 0.29) is 63.9 Å². The van der Waals surface area contributed by atoms with Gasteiger partial charge in [0.1, 0.15) is 12.2 Å². The zero-order chi connectivity index (χ0) is 24.1. The molecule has 0 aliphatic carbocycles. The fourth-order valence-corrected chi connectivity index (χ4v) is 3.91. The molecule has 0 fully saturated rings. The minimum absolute atomic E-state index is 0. The van der Waals surface area contributed by atoms with E-state index in [0.717, 1.165) is 50.7 Å². The molecule has 1 aromatic rings. The average molecular weight is 513 g/mol. The Morgan fingerprint density at radius 1 is 0.818 bits per heavy atom. The van der Waals surface area contributed by atoms with Gasteiger partial charge in [-0.05, 0) is 56.7 Å². The van der Waals surface area contributed by atoms with E-state index in [1.165, 1.54) is 6.07 Å². The van der Waals surface area contributed by atoms with Crippen LogP contribution in [0.25, 0.3) is 0 Å². The standard InChI is InChI=1S/C24H38O7S.Ca.2H/c1-5-9-11-13-20(7-3)30-23(25)18-15-19(17-22(16-18)32(27,28)29)24(26)31-21(8-4)14-12-10-6-2;;;/h15-17,20-21H,5-14H2,1-4H3,(H,27,28,29);;;/q;+2;2*-1. The van der Waals surface area contributed by atoms with Crippen LogP contribution in [0, 0.1) is 0 Å². The Balaban J connectivity index is -0.00000341. The third kappa shape index (κ3) is 12.0. The van der Waals surface area contributed by atoms with E-state index in [4.69, 9.17) is 9.47 Å².